The topological polar surface area (TPSA) is 81.4 Å². The molecular weight excluding hydrogens is 360 g/mol. The van der Waals surface area contributed by atoms with E-state index in [1.54, 1.807) is 0 Å². The Morgan fingerprint density at radius 3 is 1.28 bits per heavy atom. The number of hydrogen-bond donors (Lipinski definition) is 4. The van der Waals surface area contributed by atoms with Crippen molar-refractivity contribution in [3.05, 3.63) is 83.6 Å². The fourth-order valence-electron chi connectivity index (χ4n) is 3.24. The van der Waals surface area contributed by atoms with Gasteiger partial charge in [-0.15, -0.1) is 0 Å². The molecule has 0 amide bonds. The Kier molecular flexibility index (Phi) is 4.52. The number of fused-ring (bicyclic) bond motifs is 8. The zero-order valence-corrected chi connectivity index (χ0v) is 15.7. The standard InChI is InChI=1S/C20H14N4.C3H6N2/c1-2-14-10-16-5-6-18(23-16)12-20-8-7-19(24-20)11-17-4-3-15(22-17)9-13(1)21-14;1-2-4-5-3-1/h1-12,21,24H;1-2,4-5H,3H2. The maximum Gasteiger partial charge on any atom is 0.0658 e. The minimum absolute atomic E-state index is 0.939. The Labute approximate surface area is 167 Å². The van der Waals surface area contributed by atoms with Crippen molar-refractivity contribution in [2.45, 2.75) is 0 Å². The molecule has 0 radical (unpaired) electrons. The van der Waals surface area contributed by atoms with Crippen LogP contribution in [0, 0.1) is 0 Å². The maximum atomic E-state index is 4.63. The van der Waals surface area contributed by atoms with Crippen LogP contribution in [0.25, 0.3) is 46.4 Å². The summed E-state index contributed by atoms with van der Waals surface area (Å²) in [6.45, 7) is 0.958. The van der Waals surface area contributed by atoms with Gasteiger partial charge in [-0.3, -0.25) is 0 Å². The van der Waals surface area contributed by atoms with Gasteiger partial charge in [0.25, 0.3) is 0 Å². The lowest BCUT2D eigenvalue weighted by molar-refractivity contribution is 0.727. The summed E-state index contributed by atoms with van der Waals surface area (Å²) in [5.41, 5.74) is 13.5. The van der Waals surface area contributed by atoms with E-state index >= 15 is 0 Å². The molecule has 0 atom stereocenters. The van der Waals surface area contributed by atoms with E-state index in [-0.39, 0.29) is 0 Å². The second-order valence-electron chi connectivity index (χ2n) is 6.83. The quantitative estimate of drug-likeness (QED) is 0.323. The van der Waals surface area contributed by atoms with Gasteiger partial charge in [-0.05, 0) is 72.8 Å². The molecule has 4 N–H and O–H groups in total. The predicted octanol–water partition coefficient (Wildman–Crippen LogP) is 4.26. The number of nitrogens with one attached hydrogen (secondary N) is 4. The highest BCUT2D eigenvalue weighted by Gasteiger charge is 2.01. The van der Waals surface area contributed by atoms with E-state index in [4.69, 9.17) is 0 Å². The molecule has 6 rings (SSSR count). The van der Waals surface area contributed by atoms with Crippen LogP contribution in [0.1, 0.15) is 22.8 Å². The van der Waals surface area contributed by atoms with Gasteiger partial charge in [0.15, 0.2) is 0 Å². The van der Waals surface area contributed by atoms with Crippen molar-refractivity contribution in [2.75, 3.05) is 6.54 Å². The molecule has 6 heterocycles. The molecule has 3 aliphatic heterocycles. The zero-order chi connectivity index (χ0) is 19.5. The Bertz CT molecular complexity index is 1110. The molecule has 6 nitrogen and oxygen atoms in total. The highest BCUT2D eigenvalue weighted by Crippen LogP contribution is 2.16. The van der Waals surface area contributed by atoms with E-state index in [0.29, 0.717) is 0 Å². The van der Waals surface area contributed by atoms with Crippen LogP contribution in [0.2, 0.25) is 0 Å². The van der Waals surface area contributed by atoms with Crippen LogP contribution in [-0.4, -0.2) is 26.5 Å². The van der Waals surface area contributed by atoms with Crippen molar-refractivity contribution >= 4 is 46.4 Å². The zero-order valence-electron chi connectivity index (χ0n) is 15.7. The van der Waals surface area contributed by atoms with Gasteiger partial charge in [0.2, 0.25) is 0 Å². The van der Waals surface area contributed by atoms with E-state index in [1.807, 2.05) is 60.8 Å². The van der Waals surface area contributed by atoms with Gasteiger partial charge in [0.05, 0.1) is 22.8 Å². The van der Waals surface area contributed by atoms with E-state index in [1.165, 1.54) is 0 Å². The summed E-state index contributed by atoms with van der Waals surface area (Å²) in [6, 6.07) is 16.4. The van der Waals surface area contributed by atoms with E-state index in [2.05, 4.69) is 55.1 Å². The molecule has 8 bridgehead atoms. The first-order chi connectivity index (χ1) is 14.3. The van der Waals surface area contributed by atoms with E-state index < -0.39 is 0 Å². The Morgan fingerprint density at radius 2 is 1.00 bits per heavy atom. The second kappa shape index (κ2) is 7.61. The molecule has 29 heavy (non-hydrogen) atoms. The highest BCUT2D eigenvalue weighted by molar-refractivity contribution is 5.77. The fourth-order valence-corrected chi connectivity index (χ4v) is 3.24. The lowest BCUT2D eigenvalue weighted by Crippen LogP contribution is -2.19. The summed E-state index contributed by atoms with van der Waals surface area (Å²) >= 11 is 0. The first kappa shape index (κ1) is 17.2. The third-order valence-electron chi connectivity index (χ3n) is 4.57. The number of H-pyrrole nitrogens is 2. The fraction of sp³-hybridized carbons (Fsp3) is 0.0435. The molecule has 0 spiro atoms. The van der Waals surface area contributed by atoms with Gasteiger partial charge in [0.1, 0.15) is 0 Å². The van der Waals surface area contributed by atoms with Crippen molar-refractivity contribution in [3.8, 4) is 0 Å². The summed E-state index contributed by atoms with van der Waals surface area (Å²) in [6.07, 6.45) is 12.0. The number of rotatable bonds is 0. The largest absolute Gasteiger partial charge is 0.355 e. The normalized spacial score (nSPS) is 13.8. The number of nitrogens with zero attached hydrogens (tertiary/aromatic N) is 2. The number of aromatic amines is 2. The van der Waals surface area contributed by atoms with Gasteiger partial charge in [-0.1, -0.05) is 6.08 Å². The van der Waals surface area contributed by atoms with E-state index in [0.717, 1.165) is 51.4 Å². The molecule has 0 saturated carbocycles. The lowest BCUT2D eigenvalue weighted by atomic mass is 10.3. The van der Waals surface area contributed by atoms with Gasteiger partial charge < -0.3 is 15.4 Å². The lowest BCUT2D eigenvalue weighted by Gasteiger charge is -1.85. The molecule has 0 fully saturated rings. The molecule has 0 unspecified atom stereocenters. The summed E-state index contributed by atoms with van der Waals surface area (Å²) in [5, 5.41) is 0. The molecule has 0 saturated heterocycles. The molecule has 0 aliphatic carbocycles. The summed E-state index contributed by atoms with van der Waals surface area (Å²) in [7, 11) is 0. The van der Waals surface area contributed by atoms with Gasteiger partial charge in [-0.25, -0.2) is 15.4 Å². The second-order valence-corrected chi connectivity index (χ2v) is 6.83. The van der Waals surface area contributed by atoms with E-state index in [9.17, 15) is 0 Å². The molecule has 142 valence electrons. The number of aromatic nitrogens is 4. The molecular formula is C23H20N6. The van der Waals surface area contributed by atoms with Crippen LogP contribution >= 0.6 is 0 Å². The van der Waals surface area contributed by atoms with Crippen LogP contribution < -0.4 is 10.9 Å². The molecule has 3 aromatic rings. The van der Waals surface area contributed by atoms with Gasteiger partial charge in [0, 0.05) is 34.8 Å². The average Bonchev–Trinajstić information content (AvgIpc) is 3.50. The third kappa shape index (κ3) is 4.17. The highest BCUT2D eigenvalue weighted by atomic mass is 15.4. The summed E-state index contributed by atoms with van der Waals surface area (Å²) in [4.78, 5) is 16.0. The van der Waals surface area contributed by atoms with Crippen molar-refractivity contribution < 1.29 is 0 Å². The molecule has 6 heteroatoms. The predicted molar refractivity (Wildman–Crippen MR) is 119 cm³/mol. The van der Waals surface area contributed by atoms with Gasteiger partial charge in [-0.2, -0.15) is 0 Å². The Hall–Kier alpha value is -3.90. The third-order valence-corrected chi connectivity index (χ3v) is 4.57. The van der Waals surface area contributed by atoms with Crippen LogP contribution in [0.5, 0.6) is 0 Å². The Balaban J connectivity index is 0.000000319. The molecule has 3 aliphatic rings. The van der Waals surface area contributed by atoms with Crippen LogP contribution in [0.3, 0.4) is 0 Å². The van der Waals surface area contributed by atoms with Crippen LogP contribution in [0.15, 0.2) is 60.8 Å². The van der Waals surface area contributed by atoms with Crippen molar-refractivity contribution in [1.82, 2.24) is 30.8 Å². The van der Waals surface area contributed by atoms with Crippen molar-refractivity contribution in [2.24, 2.45) is 0 Å². The smallest absolute Gasteiger partial charge is 0.0658 e. The first-order valence-corrected chi connectivity index (χ1v) is 9.48. The minimum atomic E-state index is 0.939. The number of hydrogen-bond acceptors (Lipinski definition) is 4. The minimum Gasteiger partial charge on any atom is -0.355 e. The van der Waals surface area contributed by atoms with Crippen LogP contribution in [0.4, 0.5) is 0 Å². The molecule has 3 aromatic heterocycles. The van der Waals surface area contributed by atoms with Gasteiger partial charge >= 0.3 is 0 Å². The summed E-state index contributed by atoms with van der Waals surface area (Å²) < 4.78 is 0. The monoisotopic (exact) mass is 380 g/mol. The molecule has 0 aromatic carbocycles. The van der Waals surface area contributed by atoms with Crippen molar-refractivity contribution in [1.29, 1.82) is 0 Å². The Morgan fingerprint density at radius 1 is 0.586 bits per heavy atom. The first-order valence-electron chi connectivity index (χ1n) is 9.48. The van der Waals surface area contributed by atoms with Crippen molar-refractivity contribution in [3.63, 3.8) is 0 Å². The number of hydrazine groups is 1. The average molecular weight is 380 g/mol. The van der Waals surface area contributed by atoms with Crippen LogP contribution in [-0.2, 0) is 0 Å². The SMILES string of the molecule is C1=CNNC1.C1=Cc2cc3ccc(cc4nc(cc5ccc(cc1n2)[nH]5)C=C4)[nH]3. The summed E-state index contributed by atoms with van der Waals surface area (Å²) in [5.74, 6) is 0. The maximum absolute atomic E-state index is 4.63.